The smallest absolute Gasteiger partial charge is 0.236 e. The second kappa shape index (κ2) is 7.82. The Hall–Kier alpha value is -1.42. The number of amides is 1. The van der Waals surface area contributed by atoms with Crippen molar-refractivity contribution in [3.8, 4) is 0 Å². The average Bonchev–Trinajstić information content (AvgIpc) is 2.39. The number of hydrogen-bond acceptors (Lipinski definition) is 2. The maximum absolute atomic E-state index is 12.8. The Kier molecular flexibility index (Phi) is 6.36. The Labute approximate surface area is 108 Å². The van der Waals surface area contributed by atoms with Crippen LogP contribution in [0.2, 0.25) is 0 Å². The number of carbonyl (C=O) groups is 1. The molecule has 0 radical (unpaired) electrons. The summed E-state index contributed by atoms with van der Waals surface area (Å²) in [6.45, 7) is 3.35. The van der Waals surface area contributed by atoms with Crippen LogP contribution in [0.4, 0.5) is 4.39 Å². The highest BCUT2D eigenvalue weighted by atomic mass is 19.1. The highest BCUT2D eigenvalue weighted by molar-refractivity contribution is 5.78. The van der Waals surface area contributed by atoms with Crippen molar-refractivity contribution in [2.24, 2.45) is 5.73 Å². The van der Waals surface area contributed by atoms with Gasteiger partial charge in [0, 0.05) is 13.1 Å². The second-order valence-corrected chi connectivity index (χ2v) is 4.35. The third-order valence-electron chi connectivity index (χ3n) is 2.85. The zero-order chi connectivity index (χ0) is 13.4. The number of benzene rings is 1. The first-order valence-electron chi connectivity index (χ1n) is 6.39. The highest BCUT2D eigenvalue weighted by Gasteiger charge is 2.11. The Bertz CT molecular complexity index is 365. The molecule has 18 heavy (non-hydrogen) atoms. The first-order chi connectivity index (χ1) is 8.67. The fraction of sp³-hybridized carbons (Fsp3) is 0.500. The molecular weight excluding hydrogens is 231 g/mol. The van der Waals surface area contributed by atoms with E-state index < -0.39 is 0 Å². The van der Waals surface area contributed by atoms with E-state index in [4.69, 9.17) is 5.73 Å². The molecule has 1 rings (SSSR count). The minimum absolute atomic E-state index is 0.0212. The van der Waals surface area contributed by atoms with Crippen molar-refractivity contribution in [2.45, 2.75) is 32.7 Å². The van der Waals surface area contributed by atoms with Gasteiger partial charge in [-0.25, -0.2) is 4.39 Å². The van der Waals surface area contributed by atoms with E-state index in [0.717, 1.165) is 24.8 Å². The summed E-state index contributed by atoms with van der Waals surface area (Å²) in [6, 6.07) is 6.22. The molecule has 0 aliphatic rings. The lowest BCUT2D eigenvalue weighted by atomic mass is 10.2. The molecule has 2 N–H and O–H groups in total. The normalized spacial score (nSPS) is 10.4. The Morgan fingerprint density at radius 2 is 1.94 bits per heavy atom. The predicted molar refractivity (Wildman–Crippen MR) is 70.4 cm³/mol. The molecule has 0 saturated carbocycles. The van der Waals surface area contributed by atoms with Gasteiger partial charge in [-0.3, -0.25) is 4.79 Å². The molecule has 100 valence electrons. The number of carbonyl (C=O) groups excluding carboxylic acids is 1. The Morgan fingerprint density at radius 3 is 2.50 bits per heavy atom. The summed E-state index contributed by atoms with van der Waals surface area (Å²) in [6.07, 6.45) is 3.18. The standard InChI is InChI=1S/C14H21FN2O/c1-2-3-4-9-17(14(18)10-16)11-12-5-7-13(15)8-6-12/h5-8H,2-4,9-11,16H2,1H3. The first kappa shape index (κ1) is 14.6. The van der Waals surface area contributed by atoms with Crippen molar-refractivity contribution >= 4 is 5.91 Å². The van der Waals surface area contributed by atoms with Crippen molar-refractivity contribution < 1.29 is 9.18 Å². The van der Waals surface area contributed by atoms with Crippen LogP contribution in [0.15, 0.2) is 24.3 Å². The van der Waals surface area contributed by atoms with Gasteiger partial charge in [0.05, 0.1) is 6.54 Å². The number of unbranched alkanes of at least 4 members (excludes halogenated alkanes) is 2. The van der Waals surface area contributed by atoms with Crippen molar-refractivity contribution in [1.29, 1.82) is 0 Å². The van der Waals surface area contributed by atoms with Crippen LogP contribution in [0.5, 0.6) is 0 Å². The van der Waals surface area contributed by atoms with Gasteiger partial charge in [0.15, 0.2) is 0 Å². The molecule has 0 saturated heterocycles. The molecule has 0 aliphatic carbocycles. The molecule has 0 bridgehead atoms. The fourth-order valence-corrected chi connectivity index (χ4v) is 1.78. The lowest BCUT2D eigenvalue weighted by Gasteiger charge is -2.22. The van der Waals surface area contributed by atoms with Crippen molar-refractivity contribution in [3.63, 3.8) is 0 Å². The second-order valence-electron chi connectivity index (χ2n) is 4.35. The molecule has 1 aromatic rings. The number of nitrogens with zero attached hydrogens (tertiary/aromatic N) is 1. The third-order valence-corrected chi connectivity index (χ3v) is 2.85. The van der Waals surface area contributed by atoms with Gasteiger partial charge < -0.3 is 10.6 Å². The van der Waals surface area contributed by atoms with Crippen LogP contribution in [0.1, 0.15) is 31.7 Å². The lowest BCUT2D eigenvalue weighted by molar-refractivity contribution is -0.130. The van der Waals surface area contributed by atoms with Gasteiger partial charge in [0.2, 0.25) is 5.91 Å². The summed E-state index contributed by atoms with van der Waals surface area (Å²) in [5.41, 5.74) is 6.33. The summed E-state index contributed by atoms with van der Waals surface area (Å²) in [5, 5.41) is 0. The largest absolute Gasteiger partial charge is 0.337 e. The van der Waals surface area contributed by atoms with E-state index in [1.165, 1.54) is 12.1 Å². The highest BCUT2D eigenvalue weighted by Crippen LogP contribution is 2.08. The summed E-state index contributed by atoms with van der Waals surface area (Å²) in [4.78, 5) is 13.4. The fourth-order valence-electron chi connectivity index (χ4n) is 1.78. The summed E-state index contributed by atoms with van der Waals surface area (Å²) in [7, 11) is 0. The van der Waals surface area contributed by atoms with Gasteiger partial charge in [-0.05, 0) is 24.1 Å². The minimum Gasteiger partial charge on any atom is -0.337 e. The maximum atomic E-state index is 12.8. The van der Waals surface area contributed by atoms with Crippen LogP contribution in [0, 0.1) is 5.82 Å². The number of halogens is 1. The van der Waals surface area contributed by atoms with Gasteiger partial charge in [-0.1, -0.05) is 31.9 Å². The quantitative estimate of drug-likeness (QED) is 0.757. The maximum Gasteiger partial charge on any atom is 0.236 e. The van der Waals surface area contributed by atoms with E-state index in [1.807, 2.05) is 0 Å². The van der Waals surface area contributed by atoms with E-state index >= 15 is 0 Å². The van der Waals surface area contributed by atoms with E-state index in [1.54, 1.807) is 17.0 Å². The topological polar surface area (TPSA) is 46.3 Å². The van der Waals surface area contributed by atoms with Crippen LogP contribution in [-0.4, -0.2) is 23.9 Å². The van der Waals surface area contributed by atoms with Crippen molar-refractivity contribution in [3.05, 3.63) is 35.6 Å². The molecule has 0 atom stereocenters. The van der Waals surface area contributed by atoms with E-state index in [2.05, 4.69) is 6.92 Å². The van der Waals surface area contributed by atoms with Crippen LogP contribution < -0.4 is 5.73 Å². The van der Waals surface area contributed by atoms with Crippen molar-refractivity contribution in [2.75, 3.05) is 13.1 Å². The van der Waals surface area contributed by atoms with Gasteiger partial charge in [0.25, 0.3) is 0 Å². The molecular formula is C14H21FN2O. The summed E-state index contributed by atoms with van der Waals surface area (Å²) < 4.78 is 12.8. The Balaban J connectivity index is 2.59. The number of nitrogens with two attached hydrogens (primary N) is 1. The van der Waals surface area contributed by atoms with Crippen LogP contribution in [-0.2, 0) is 11.3 Å². The zero-order valence-electron chi connectivity index (χ0n) is 10.9. The van der Waals surface area contributed by atoms with E-state index in [0.29, 0.717) is 13.1 Å². The first-order valence-corrected chi connectivity index (χ1v) is 6.39. The molecule has 4 heteroatoms. The molecule has 0 heterocycles. The monoisotopic (exact) mass is 252 g/mol. The lowest BCUT2D eigenvalue weighted by Crippen LogP contribution is -2.36. The molecule has 0 spiro atoms. The number of hydrogen-bond donors (Lipinski definition) is 1. The molecule has 0 fully saturated rings. The van der Waals surface area contributed by atoms with Gasteiger partial charge in [-0.15, -0.1) is 0 Å². The average molecular weight is 252 g/mol. The molecule has 1 amide bonds. The van der Waals surface area contributed by atoms with Gasteiger partial charge in [0.1, 0.15) is 5.82 Å². The molecule has 0 aliphatic heterocycles. The van der Waals surface area contributed by atoms with Crippen LogP contribution >= 0.6 is 0 Å². The van der Waals surface area contributed by atoms with E-state index in [9.17, 15) is 9.18 Å². The summed E-state index contributed by atoms with van der Waals surface area (Å²) in [5.74, 6) is -0.322. The predicted octanol–water partition coefficient (Wildman–Crippen LogP) is 2.30. The van der Waals surface area contributed by atoms with Crippen LogP contribution in [0.25, 0.3) is 0 Å². The molecule has 0 unspecified atom stereocenters. The molecule has 0 aromatic heterocycles. The Morgan fingerprint density at radius 1 is 1.28 bits per heavy atom. The van der Waals surface area contributed by atoms with Gasteiger partial charge in [-0.2, -0.15) is 0 Å². The molecule has 1 aromatic carbocycles. The zero-order valence-corrected chi connectivity index (χ0v) is 10.9. The SMILES string of the molecule is CCCCCN(Cc1ccc(F)cc1)C(=O)CN. The summed E-state index contributed by atoms with van der Waals surface area (Å²) >= 11 is 0. The molecule has 3 nitrogen and oxygen atoms in total. The van der Waals surface area contributed by atoms with Crippen LogP contribution in [0.3, 0.4) is 0 Å². The van der Waals surface area contributed by atoms with Gasteiger partial charge >= 0.3 is 0 Å². The minimum atomic E-state index is -0.263. The third kappa shape index (κ3) is 4.84. The number of rotatable bonds is 7. The van der Waals surface area contributed by atoms with Crippen molar-refractivity contribution in [1.82, 2.24) is 4.90 Å². The van der Waals surface area contributed by atoms with E-state index in [-0.39, 0.29) is 18.3 Å².